The molecule has 0 aliphatic rings. The summed E-state index contributed by atoms with van der Waals surface area (Å²) in [6, 6.07) is 12.0. The highest BCUT2D eigenvalue weighted by molar-refractivity contribution is 6.02. The van der Waals surface area contributed by atoms with Crippen molar-refractivity contribution in [3.63, 3.8) is 0 Å². The van der Waals surface area contributed by atoms with Gasteiger partial charge in [-0.3, -0.25) is 4.79 Å². The second-order valence-electron chi connectivity index (χ2n) is 7.39. The Kier molecular flexibility index (Phi) is 8.28. The minimum absolute atomic E-state index is 0.307. The second kappa shape index (κ2) is 11.6. The fourth-order valence-electron chi connectivity index (χ4n) is 3.13. The van der Waals surface area contributed by atoms with Gasteiger partial charge in [-0.1, -0.05) is 17.3 Å². The van der Waals surface area contributed by atoms with Crippen LogP contribution in [0.25, 0.3) is 6.08 Å². The molecule has 0 atom stereocenters. The first kappa shape index (κ1) is 24.4. The molecule has 0 unspecified atom stereocenters. The molecule has 0 bridgehead atoms. The lowest BCUT2D eigenvalue weighted by molar-refractivity contribution is -0.111. The molecule has 1 heterocycles. The van der Waals surface area contributed by atoms with E-state index in [1.807, 2.05) is 26.8 Å². The van der Waals surface area contributed by atoms with Crippen LogP contribution >= 0.6 is 0 Å². The molecule has 0 aliphatic heterocycles. The molecule has 0 saturated carbocycles. The first-order chi connectivity index (χ1) is 16.4. The number of aromatic nitrogens is 1. The summed E-state index contributed by atoms with van der Waals surface area (Å²) in [6.45, 7) is 6.36. The van der Waals surface area contributed by atoms with Gasteiger partial charge in [0.1, 0.15) is 12.4 Å². The number of rotatable bonds is 9. The number of methoxy groups -OCH3 is 1. The molecule has 9 nitrogen and oxygen atoms in total. The predicted molar refractivity (Wildman–Crippen MR) is 130 cm³/mol. The zero-order chi connectivity index (χ0) is 24.5. The molecule has 3 amide bonds. The quantitative estimate of drug-likeness (QED) is 0.397. The van der Waals surface area contributed by atoms with E-state index in [1.165, 1.54) is 6.08 Å². The van der Waals surface area contributed by atoms with Gasteiger partial charge >= 0.3 is 6.03 Å². The zero-order valence-corrected chi connectivity index (χ0v) is 19.6. The number of urea groups is 1. The number of ether oxygens (including phenoxy) is 2. The van der Waals surface area contributed by atoms with Crippen molar-refractivity contribution in [1.82, 2.24) is 10.5 Å². The van der Waals surface area contributed by atoms with Crippen molar-refractivity contribution >= 4 is 29.4 Å². The topological polar surface area (TPSA) is 115 Å². The summed E-state index contributed by atoms with van der Waals surface area (Å²) in [6.07, 6.45) is 3.09. The van der Waals surface area contributed by atoms with Gasteiger partial charge in [-0.2, -0.15) is 0 Å². The Morgan fingerprint density at radius 2 is 1.82 bits per heavy atom. The smallest absolute Gasteiger partial charge is 0.319 e. The van der Waals surface area contributed by atoms with Crippen LogP contribution in [-0.2, 0) is 11.4 Å². The largest absolute Gasteiger partial charge is 0.493 e. The number of nitrogens with zero attached hydrogens (tertiary/aromatic N) is 1. The lowest BCUT2D eigenvalue weighted by Crippen LogP contribution is -2.28. The highest BCUT2D eigenvalue weighted by Crippen LogP contribution is 2.30. The Balaban J connectivity index is 1.61. The Morgan fingerprint density at radius 3 is 2.50 bits per heavy atom. The summed E-state index contributed by atoms with van der Waals surface area (Å²) in [5, 5.41) is 12.1. The van der Waals surface area contributed by atoms with E-state index in [0.717, 1.165) is 16.8 Å². The van der Waals surface area contributed by atoms with E-state index in [1.54, 1.807) is 49.6 Å². The van der Waals surface area contributed by atoms with Crippen LogP contribution in [0.5, 0.6) is 11.5 Å². The Morgan fingerprint density at radius 1 is 1.06 bits per heavy atom. The second-order valence-corrected chi connectivity index (χ2v) is 7.39. The van der Waals surface area contributed by atoms with Crippen molar-refractivity contribution in [3.8, 4) is 11.5 Å². The molecular weight excluding hydrogens is 436 g/mol. The first-order valence-corrected chi connectivity index (χ1v) is 10.8. The number of carbonyl (C=O) groups is 2. The van der Waals surface area contributed by atoms with E-state index in [0.29, 0.717) is 41.8 Å². The molecule has 3 N–H and O–H groups in total. The maximum Gasteiger partial charge on any atom is 0.319 e. The molecule has 3 aromatic rings. The fraction of sp³-hybridized carbons (Fsp3) is 0.240. The SMILES string of the molecule is CCNC(=O)Nc1cccc(NC(=O)/C=C/c2ccc(OCc3c(C)noc3C)c(OC)c2)c1. The zero-order valence-electron chi connectivity index (χ0n) is 19.6. The van der Waals surface area contributed by atoms with E-state index in [9.17, 15) is 9.59 Å². The average Bonchev–Trinajstić information content (AvgIpc) is 3.14. The van der Waals surface area contributed by atoms with Crippen molar-refractivity contribution in [2.75, 3.05) is 24.3 Å². The van der Waals surface area contributed by atoms with Crippen LogP contribution in [0.4, 0.5) is 16.2 Å². The normalized spacial score (nSPS) is 10.7. The molecule has 0 spiro atoms. The molecule has 178 valence electrons. The number of carbonyl (C=O) groups excluding carboxylic acids is 2. The van der Waals surface area contributed by atoms with Gasteiger partial charge in [0.15, 0.2) is 11.5 Å². The van der Waals surface area contributed by atoms with Crippen LogP contribution in [0, 0.1) is 13.8 Å². The van der Waals surface area contributed by atoms with Crippen LogP contribution < -0.4 is 25.4 Å². The van der Waals surface area contributed by atoms with Crippen molar-refractivity contribution in [2.45, 2.75) is 27.4 Å². The third kappa shape index (κ3) is 6.61. The number of hydrogen-bond donors (Lipinski definition) is 3. The Bertz CT molecular complexity index is 1170. The lowest BCUT2D eigenvalue weighted by Gasteiger charge is -2.11. The van der Waals surface area contributed by atoms with Crippen LogP contribution in [-0.4, -0.2) is 30.7 Å². The van der Waals surface area contributed by atoms with E-state index in [-0.39, 0.29) is 11.9 Å². The van der Waals surface area contributed by atoms with E-state index >= 15 is 0 Å². The maximum absolute atomic E-state index is 12.4. The van der Waals surface area contributed by atoms with Gasteiger partial charge in [-0.25, -0.2) is 4.79 Å². The van der Waals surface area contributed by atoms with Crippen LogP contribution in [0.1, 0.15) is 29.5 Å². The van der Waals surface area contributed by atoms with E-state index < -0.39 is 0 Å². The van der Waals surface area contributed by atoms with Crippen molar-refractivity contribution in [2.24, 2.45) is 0 Å². The third-order valence-corrected chi connectivity index (χ3v) is 4.89. The average molecular weight is 465 g/mol. The van der Waals surface area contributed by atoms with Crippen molar-refractivity contribution in [1.29, 1.82) is 0 Å². The van der Waals surface area contributed by atoms with Gasteiger partial charge in [-0.05, 0) is 62.7 Å². The van der Waals surface area contributed by atoms with Gasteiger partial charge in [0.25, 0.3) is 0 Å². The van der Waals surface area contributed by atoms with Crippen LogP contribution in [0.15, 0.2) is 53.1 Å². The van der Waals surface area contributed by atoms with Crippen molar-refractivity contribution < 1.29 is 23.6 Å². The number of nitrogens with one attached hydrogen (secondary N) is 3. The van der Waals surface area contributed by atoms with Crippen LogP contribution in [0.2, 0.25) is 0 Å². The van der Waals surface area contributed by atoms with Crippen molar-refractivity contribution in [3.05, 3.63) is 71.1 Å². The number of hydrogen-bond acceptors (Lipinski definition) is 6. The number of aryl methyl sites for hydroxylation is 2. The molecular formula is C25H28N4O5. The summed E-state index contributed by atoms with van der Waals surface area (Å²) in [4.78, 5) is 24.0. The highest BCUT2D eigenvalue weighted by atomic mass is 16.5. The standard InChI is InChI=1S/C25H28N4O5/c1-5-26-25(31)28-20-8-6-7-19(14-20)27-24(30)12-10-18-9-11-22(23(13-18)32-4)33-15-21-16(2)29-34-17(21)3/h6-14H,5,15H2,1-4H3,(H,27,30)(H2,26,28,31)/b12-10+. The highest BCUT2D eigenvalue weighted by Gasteiger charge is 2.12. The molecule has 9 heteroatoms. The molecule has 3 rings (SSSR count). The number of benzene rings is 2. The molecule has 0 radical (unpaired) electrons. The monoisotopic (exact) mass is 464 g/mol. The van der Waals surface area contributed by atoms with Crippen LogP contribution in [0.3, 0.4) is 0 Å². The van der Waals surface area contributed by atoms with E-state index in [2.05, 4.69) is 21.1 Å². The summed E-state index contributed by atoms with van der Waals surface area (Å²) in [5.41, 5.74) is 3.58. The molecule has 0 aliphatic carbocycles. The first-order valence-electron chi connectivity index (χ1n) is 10.8. The minimum Gasteiger partial charge on any atom is -0.493 e. The third-order valence-electron chi connectivity index (χ3n) is 4.89. The molecule has 2 aromatic carbocycles. The van der Waals surface area contributed by atoms with Gasteiger partial charge in [0, 0.05) is 24.0 Å². The Labute approximate surface area is 198 Å². The number of anilines is 2. The van der Waals surface area contributed by atoms with Gasteiger partial charge in [0.2, 0.25) is 5.91 Å². The molecule has 1 aromatic heterocycles. The fourth-order valence-corrected chi connectivity index (χ4v) is 3.13. The molecule has 0 fully saturated rings. The van der Waals surface area contributed by atoms with Gasteiger partial charge in [-0.15, -0.1) is 0 Å². The maximum atomic E-state index is 12.4. The van der Waals surface area contributed by atoms with E-state index in [4.69, 9.17) is 14.0 Å². The number of amides is 3. The summed E-state index contributed by atoms with van der Waals surface area (Å²) < 4.78 is 16.5. The van der Waals surface area contributed by atoms with Gasteiger partial charge in [0.05, 0.1) is 18.4 Å². The summed E-state index contributed by atoms with van der Waals surface area (Å²) >= 11 is 0. The lowest BCUT2D eigenvalue weighted by atomic mass is 10.1. The van der Waals surface area contributed by atoms with Gasteiger partial charge < -0.3 is 29.9 Å². The molecule has 34 heavy (non-hydrogen) atoms. The summed E-state index contributed by atoms with van der Waals surface area (Å²) in [5.74, 6) is 1.51. The summed E-state index contributed by atoms with van der Waals surface area (Å²) in [7, 11) is 1.56. The Hall–Kier alpha value is -4.27. The minimum atomic E-state index is -0.312. The molecule has 0 saturated heterocycles. The predicted octanol–water partition coefficient (Wildman–Crippen LogP) is 4.67.